The minimum absolute atomic E-state index is 0.0958. The van der Waals surface area contributed by atoms with E-state index in [0.717, 1.165) is 18.2 Å². The molecule has 0 aliphatic heterocycles. The molecule has 2 nitrogen and oxygen atoms in total. The molecule has 0 aliphatic carbocycles. The Morgan fingerprint density at radius 2 is 1.91 bits per heavy atom. The number of methoxy groups -OCH3 is 2. The second kappa shape index (κ2) is 8.24. The Bertz CT molecular complexity index is 100. The lowest BCUT2D eigenvalue weighted by Crippen LogP contribution is -2.10. The van der Waals surface area contributed by atoms with Gasteiger partial charge in [-0.05, 0) is 6.42 Å². The van der Waals surface area contributed by atoms with Gasteiger partial charge in [0.25, 0.3) is 0 Å². The summed E-state index contributed by atoms with van der Waals surface area (Å²) in [6.45, 7) is 0. The van der Waals surface area contributed by atoms with Crippen molar-refractivity contribution in [3.8, 4) is 0 Å². The van der Waals surface area contributed by atoms with Gasteiger partial charge in [-0.1, -0.05) is 28.1 Å². The predicted molar refractivity (Wildman–Crippen MR) is 50.0 cm³/mol. The molecule has 0 heterocycles. The van der Waals surface area contributed by atoms with E-state index in [1.165, 1.54) is 0 Å². The number of halogens is 1. The van der Waals surface area contributed by atoms with Crippen molar-refractivity contribution in [2.45, 2.75) is 19.1 Å². The SMILES string of the molecule is COC(C/C=C\CCBr)OC. The van der Waals surface area contributed by atoms with Gasteiger partial charge in [0, 0.05) is 26.0 Å². The fraction of sp³-hybridized carbons (Fsp3) is 0.750. The van der Waals surface area contributed by atoms with Crippen molar-refractivity contribution in [2.24, 2.45) is 0 Å². The van der Waals surface area contributed by atoms with Crippen LogP contribution >= 0.6 is 15.9 Å². The first kappa shape index (κ1) is 11.1. The quantitative estimate of drug-likeness (QED) is 0.391. The molecule has 66 valence electrons. The molecule has 0 saturated carbocycles. The average molecular weight is 223 g/mol. The number of rotatable bonds is 6. The van der Waals surface area contributed by atoms with Crippen LogP contribution in [-0.2, 0) is 9.47 Å². The van der Waals surface area contributed by atoms with Gasteiger partial charge in [-0.25, -0.2) is 0 Å². The lowest BCUT2D eigenvalue weighted by atomic mass is 10.3. The largest absolute Gasteiger partial charge is 0.356 e. The molecule has 0 aromatic carbocycles. The molecule has 0 bridgehead atoms. The van der Waals surface area contributed by atoms with Gasteiger partial charge < -0.3 is 9.47 Å². The van der Waals surface area contributed by atoms with Crippen LogP contribution in [0.1, 0.15) is 12.8 Å². The van der Waals surface area contributed by atoms with E-state index in [0.29, 0.717) is 0 Å². The second-order valence-electron chi connectivity index (χ2n) is 2.09. The van der Waals surface area contributed by atoms with E-state index in [1.54, 1.807) is 14.2 Å². The highest BCUT2D eigenvalue weighted by Gasteiger charge is 1.99. The minimum atomic E-state index is -0.0958. The van der Waals surface area contributed by atoms with E-state index in [1.807, 2.05) is 0 Å². The summed E-state index contributed by atoms with van der Waals surface area (Å²) in [7, 11) is 3.29. The van der Waals surface area contributed by atoms with Gasteiger partial charge in [-0.15, -0.1) is 0 Å². The molecule has 0 spiro atoms. The van der Waals surface area contributed by atoms with E-state index in [4.69, 9.17) is 9.47 Å². The molecule has 0 aliphatic rings. The predicted octanol–water partition coefficient (Wildman–Crippen LogP) is 2.34. The Morgan fingerprint density at radius 3 is 2.36 bits per heavy atom. The average Bonchev–Trinajstić information content (AvgIpc) is 2.05. The molecule has 0 rings (SSSR count). The summed E-state index contributed by atoms with van der Waals surface area (Å²) in [5.41, 5.74) is 0. The summed E-state index contributed by atoms with van der Waals surface area (Å²) in [4.78, 5) is 0. The fourth-order valence-electron chi connectivity index (χ4n) is 0.677. The van der Waals surface area contributed by atoms with Crippen molar-refractivity contribution < 1.29 is 9.47 Å². The van der Waals surface area contributed by atoms with Gasteiger partial charge in [0.05, 0.1) is 0 Å². The summed E-state index contributed by atoms with van der Waals surface area (Å²) in [6.07, 6.45) is 5.96. The number of ether oxygens (including phenoxy) is 2. The molecule has 11 heavy (non-hydrogen) atoms. The molecule has 0 unspecified atom stereocenters. The Morgan fingerprint density at radius 1 is 1.27 bits per heavy atom. The van der Waals surface area contributed by atoms with Crippen LogP contribution in [0.5, 0.6) is 0 Å². The third-order valence-electron chi connectivity index (χ3n) is 1.30. The fourth-order valence-corrected chi connectivity index (χ4v) is 0.941. The smallest absolute Gasteiger partial charge is 0.160 e. The minimum Gasteiger partial charge on any atom is -0.356 e. The van der Waals surface area contributed by atoms with Gasteiger partial charge >= 0.3 is 0 Å². The zero-order valence-electron chi connectivity index (χ0n) is 7.05. The van der Waals surface area contributed by atoms with Crippen molar-refractivity contribution >= 4 is 15.9 Å². The van der Waals surface area contributed by atoms with Crippen LogP contribution in [0.2, 0.25) is 0 Å². The van der Waals surface area contributed by atoms with E-state index in [-0.39, 0.29) is 6.29 Å². The van der Waals surface area contributed by atoms with Gasteiger partial charge in [0.15, 0.2) is 6.29 Å². The molecule has 0 aromatic heterocycles. The van der Waals surface area contributed by atoms with Crippen molar-refractivity contribution in [3.63, 3.8) is 0 Å². The normalized spacial score (nSPS) is 11.6. The summed E-state index contributed by atoms with van der Waals surface area (Å²) >= 11 is 3.34. The molecular formula is C8H15BrO2. The number of hydrogen-bond acceptors (Lipinski definition) is 2. The van der Waals surface area contributed by atoms with Crippen molar-refractivity contribution in [1.29, 1.82) is 0 Å². The van der Waals surface area contributed by atoms with Crippen molar-refractivity contribution in [1.82, 2.24) is 0 Å². The van der Waals surface area contributed by atoms with E-state index in [2.05, 4.69) is 28.1 Å². The molecule has 3 heteroatoms. The first-order chi connectivity index (χ1) is 5.35. The first-order valence-electron chi connectivity index (χ1n) is 3.61. The van der Waals surface area contributed by atoms with Crippen LogP contribution in [0, 0.1) is 0 Å². The molecule has 0 fully saturated rings. The number of alkyl halides is 1. The monoisotopic (exact) mass is 222 g/mol. The highest BCUT2D eigenvalue weighted by atomic mass is 79.9. The lowest BCUT2D eigenvalue weighted by Gasteiger charge is -2.09. The molecule has 0 amide bonds. The number of hydrogen-bond donors (Lipinski definition) is 0. The van der Waals surface area contributed by atoms with E-state index >= 15 is 0 Å². The molecule has 0 saturated heterocycles. The van der Waals surface area contributed by atoms with E-state index in [9.17, 15) is 0 Å². The zero-order chi connectivity index (χ0) is 8.53. The molecule has 0 atom stereocenters. The van der Waals surface area contributed by atoms with Crippen LogP contribution in [0.4, 0.5) is 0 Å². The third kappa shape index (κ3) is 6.53. The van der Waals surface area contributed by atoms with Crippen molar-refractivity contribution in [2.75, 3.05) is 19.5 Å². The molecule has 0 aromatic rings. The maximum Gasteiger partial charge on any atom is 0.160 e. The summed E-state index contributed by atoms with van der Waals surface area (Å²) < 4.78 is 9.99. The standard InChI is InChI=1S/C8H15BrO2/c1-10-8(11-2)6-4-3-5-7-9/h3-4,8H,5-7H2,1-2H3/b4-3-. The molecule has 0 radical (unpaired) electrons. The molecular weight excluding hydrogens is 208 g/mol. The maximum atomic E-state index is 4.99. The first-order valence-corrected chi connectivity index (χ1v) is 4.73. The van der Waals surface area contributed by atoms with Gasteiger partial charge in [-0.2, -0.15) is 0 Å². The highest BCUT2D eigenvalue weighted by Crippen LogP contribution is 1.99. The van der Waals surface area contributed by atoms with Crippen LogP contribution < -0.4 is 0 Å². The molecule has 0 N–H and O–H groups in total. The van der Waals surface area contributed by atoms with Gasteiger partial charge in [0.1, 0.15) is 0 Å². The zero-order valence-corrected chi connectivity index (χ0v) is 8.63. The van der Waals surface area contributed by atoms with Crippen LogP contribution in [0.3, 0.4) is 0 Å². The van der Waals surface area contributed by atoms with Gasteiger partial charge in [-0.3, -0.25) is 0 Å². The van der Waals surface area contributed by atoms with Crippen LogP contribution in [0.25, 0.3) is 0 Å². The topological polar surface area (TPSA) is 18.5 Å². The third-order valence-corrected chi connectivity index (χ3v) is 1.75. The summed E-state index contributed by atoms with van der Waals surface area (Å²) in [5, 5.41) is 1.01. The second-order valence-corrected chi connectivity index (χ2v) is 2.88. The number of allylic oxidation sites excluding steroid dienone is 1. The maximum absolute atomic E-state index is 4.99. The Labute approximate surface area is 76.7 Å². The van der Waals surface area contributed by atoms with Crippen LogP contribution in [0.15, 0.2) is 12.2 Å². The Balaban J connectivity index is 3.33. The Kier molecular flexibility index (Phi) is 8.34. The Hall–Kier alpha value is 0.140. The summed E-state index contributed by atoms with van der Waals surface area (Å²) in [6, 6.07) is 0. The highest BCUT2D eigenvalue weighted by molar-refractivity contribution is 9.09. The van der Waals surface area contributed by atoms with E-state index < -0.39 is 0 Å². The lowest BCUT2D eigenvalue weighted by molar-refractivity contribution is -0.0986. The van der Waals surface area contributed by atoms with Crippen LogP contribution in [-0.4, -0.2) is 25.8 Å². The summed E-state index contributed by atoms with van der Waals surface area (Å²) in [5.74, 6) is 0. The van der Waals surface area contributed by atoms with Gasteiger partial charge in [0.2, 0.25) is 0 Å². The van der Waals surface area contributed by atoms with Crippen molar-refractivity contribution in [3.05, 3.63) is 12.2 Å².